The van der Waals surface area contributed by atoms with Crippen LogP contribution < -0.4 is 0 Å². The molecule has 1 aliphatic carbocycles. The third kappa shape index (κ3) is 2.56. The number of aliphatic carboxylic acids is 1. The van der Waals surface area contributed by atoms with Crippen LogP contribution in [0.25, 0.3) is 0 Å². The van der Waals surface area contributed by atoms with Gasteiger partial charge in [-0.15, -0.1) is 11.3 Å². The van der Waals surface area contributed by atoms with Gasteiger partial charge in [-0.1, -0.05) is 12.8 Å². The summed E-state index contributed by atoms with van der Waals surface area (Å²) in [5.74, 6) is -0.465. The molecule has 1 fully saturated rings. The number of aromatic nitrogens is 1. The number of carboxylic acids is 1. The molecule has 1 aliphatic rings. The first-order chi connectivity index (χ1) is 7.27. The average molecular weight is 225 g/mol. The molecule has 15 heavy (non-hydrogen) atoms. The molecule has 0 bridgehead atoms. The Kier molecular flexibility index (Phi) is 3.36. The van der Waals surface area contributed by atoms with Gasteiger partial charge >= 0.3 is 5.97 Å². The molecular formula is C11H15NO2S. The van der Waals surface area contributed by atoms with E-state index in [0.29, 0.717) is 12.3 Å². The number of thiazole rings is 1. The van der Waals surface area contributed by atoms with Crippen molar-refractivity contribution < 1.29 is 9.90 Å². The minimum absolute atomic E-state index is 0.201. The number of hydrogen-bond donors (Lipinski definition) is 1. The summed E-state index contributed by atoms with van der Waals surface area (Å²) in [6.45, 7) is 0. The van der Waals surface area contributed by atoms with Crippen molar-refractivity contribution in [3.05, 3.63) is 16.6 Å². The number of rotatable bonds is 4. The fourth-order valence-corrected chi connectivity index (χ4v) is 3.03. The van der Waals surface area contributed by atoms with Gasteiger partial charge < -0.3 is 5.11 Å². The van der Waals surface area contributed by atoms with Gasteiger partial charge in [-0.05, 0) is 25.2 Å². The zero-order valence-electron chi connectivity index (χ0n) is 8.56. The highest BCUT2D eigenvalue weighted by atomic mass is 32.1. The maximum absolute atomic E-state index is 11.2. The maximum Gasteiger partial charge on any atom is 0.307 e. The van der Waals surface area contributed by atoms with Gasteiger partial charge in [0, 0.05) is 11.1 Å². The molecule has 1 aromatic rings. The zero-order valence-corrected chi connectivity index (χ0v) is 9.37. The van der Waals surface area contributed by atoms with Crippen molar-refractivity contribution in [3.63, 3.8) is 0 Å². The van der Waals surface area contributed by atoms with E-state index in [0.717, 1.165) is 17.7 Å². The Morgan fingerprint density at radius 1 is 1.60 bits per heavy atom. The lowest BCUT2D eigenvalue weighted by molar-refractivity contribution is -0.143. The van der Waals surface area contributed by atoms with Gasteiger partial charge in [-0.25, -0.2) is 0 Å². The van der Waals surface area contributed by atoms with Crippen LogP contribution in [0.4, 0.5) is 0 Å². The van der Waals surface area contributed by atoms with E-state index in [9.17, 15) is 9.90 Å². The molecule has 1 atom stereocenters. The molecule has 0 amide bonds. The minimum atomic E-state index is -0.643. The summed E-state index contributed by atoms with van der Waals surface area (Å²) < 4.78 is 0. The van der Waals surface area contributed by atoms with Gasteiger partial charge in [-0.2, -0.15) is 0 Å². The lowest BCUT2D eigenvalue weighted by Crippen LogP contribution is -2.23. The third-order valence-electron chi connectivity index (χ3n) is 3.19. The molecule has 0 spiro atoms. The Balaban J connectivity index is 2.03. The van der Waals surface area contributed by atoms with Crippen LogP contribution in [0.3, 0.4) is 0 Å². The largest absolute Gasteiger partial charge is 0.481 e. The van der Waals surface area contributed by atoms with Crippen LogP contribution in [-0.4, -0.2) is 16.1 Å². The lowest BCUT2D eigenvalue weighted by atomic mass is 9.88. The highest BCUT2D eigenvalue weighted by Gasteiger charge is 2.30. The van der Waals surface area contributed by atoms with Crippen LogP contribution in [-0.2, 0) is 11.2 Å². The molecule has 1 heterocycles. The Labute approximate surface area is 93.2 Å². The highest BCUT2D eigenvalue weighted by Crippen LogP contribution is 2.33. The van der Waals surface area contributed by atoms with E-state index in [2.05, 4.69) is 4.98 Å². The van der Waals surface area contributed by atoms with Crippen molar-refractivity contribution in [1.29, 1.82) is 0 Å². The molecule has 1 aromatic heterocycles. The molecule has 0 saturated heterocycles. The van der Waals surface area contributed by atoms with Crippen molar-refractivity contribution in [2.75, 3.05) is 0 Å². The molecule has 0 radical (unpaired) electrons. The second kappa shape index (κ2) is 4.75. The SMILES string of the molecule is O=C(O)C(Cc1cncs1)C1CCCC1. The Hall–Kier alpha value is -0.900. The molecule has 0 aromatic carbocycles. The fraction of sp³-hybridized carbons (Fsp3) is 0.636. The van der Waals surface area contributed by atoms with Crippen molar-refractivity contribution in [2.24, 2.45) is 11.8 Å². The van der Waals surface area contributed by atoms with Crippen LogP contribution in [0.1, 0.15) is 30.6 Å². The number of carboxylic acid groups (broad SMARTS) is 1. The van der Waals surface area contributed by atoms with Crippen molar-refractivity contribution in [2.45, 2.75) is 32.1 Å². The van der Waals surface area contributed by atoms with Gasteiger partial charge in [0.15, 0.2) is 0 Å². The van der Waals surface area contributed by atoms with E-state index in [-0.39, 0.29) is 5.92 Å². The van der Waals surface area contributed by atoms with E-state index in [4.69, 9.17) is 0 Å². The zero-order chi connectivity index (χ0) is 10.7. The molecule has 1 unspecified atom stereocenters. The summed E-state index contributed by atoms with van der Waals surface area (Å²) >= 11 is 1.55. The topological polar surface area (TPSA) is 50.2 Å². The standard InChI is InChI=1S/C11H15NO2S/c13-11(14)10(8-3-1-2-4-8)5-9-6-12-7-15-9/h6-8,10H,1-5H2,(H,13,14). The molecule has 0 aliphatic heterocycles. The maximum atomic E-state index is 11.2. The van der Waals surface area contributed by atoms with E-state index in [1.165, 1.54) is 12.8 Å². The lowest BCUT2D eigenvalue weighted by Gasteiger charge is -2.17. The summed E-state index contributed by atoms with van der Waals surface area (Å²) in [5, 5.41) is 9.22. The smallest absolute Gasteiger partial charge is 0.307 e. The number of carbonyl (C=O) groups is 1. The monoisotopic (exact) mass is 225 g/mol. The van der Waals surface area contributed by atoms with Gasteiger partial charge in [0.05, 0.1) is 11.4 Å². The van der Waals surface area contributed by atoms with Crippen LogP contribution >= 0.6 is 11.3 Å². The predicted molar refractivity (Wildman–Crippen MR) is 58.9 cm³/mol. The first-order valence-corrected chi connectivity index (χ1v) is 6.25. The fourth-order valence-electron chi connectivity index (χ4n) is 2.38. The highest BCUT2D eigenvalue weighted by molar-refractivity contribution is 7.09. The third-order valence-corrected chi connectivity index (χ3v) is 3.99. The van der Waals surface area contributed by atoms with Crippen LogP contribution in [0.15, 0.2) is 11.7 Å². The summed E-state index contributed by atoms with van der Waals surface area (Å²) in [5.41, 5.74) is 1.77. The molecule has 82 valence electrons. The number of hydrogen-bond acceptors (Lipinski definition) is 3. The Morgan fingerprint density at radius 2 is 2.33 bits per heavy atom. The van der Waals surface area contributed by atoms with Gasteiger partial charge in [-0.3, -0.25) is 9.78 Å². The van der Waals surface area contributed by atoms with E-state index < -0.39 is 5.97 Å². The Morgan fingerprint density at radius 3 is 2.87 bits per heavy atom. The van der Waals surface area contributed by atoms with Crippen molar-refractivity contribution in [1.82, 2.24) is 4.98 Å². The quantitative estimate of drug-likeness (QED) is 0.856. The second-order valence-corrected chi connectivity index (χ2v) is 5.13. The molecule has 2 rings (SSSR count). The summed E-state index contributed by atoms with van der Waals surface area (Å²) in [6, 6.07) is 0. The number of nitrogens with zero attached hydrogens (tertiary/aromatic N) is 1. The van der Waals surface area contributed by atoms with Gasteiger partial charge in [0.2, 0.25) is 0 Å². The van der Waals surface area contributed by atoms with E-state index >= 15 is 0 Å². The van der Waals surface area contributed by atoms with Gasteiger partial charge in [0.1, 0.15) is 0 Å². The van der Waals surface area contributed by atoms with Crippen LogP contribution in [0.5, 0.6) is 0 Å². The van der Waals surface area contributed by atoms with E-state index in [1.54, 1.807) is 23.0 Å². The first-order valence-electron chi connectivity index (χ1n) is 5.37. The van der Waals surface area contributed by atoms with Crippen molar-refractivity contribution in [3.8, 4) is 0 Å². The molecule has 4 heteroatoms. The van der Waals surface area contributed by atoms with Crippen LogP contribution in [0.2, 0.25) is 0 Å². The normalized spacial score (nSPS) is 19.2. The van der Waals surface area contributed by atoms with Crippen molar-refractivity contribution >= 4 is 17.3 Å². The minimum Gasteiger partial charge on any atom is -0.481 e. The molecule has 1 N–H and O–H groups in total. The summed E-state index contributed by atoms with van der Waals surface area (Å²) in [6.07, 6.45) is 6.99. The predicted octanol–water partition coefficient (Wildman–Crippen LogP) is 2.58. The Bertz CT molecular complexity index is 317. The summed E-state index contributed by atoms with van der Waals surface area (Å²) in [7, 11) is 0. The molecule has 3 nitrogen and oxygen atoms in total. The van der Waals surface area contributed by atoms with E-state index in [1.807, 2.05) is 0 Å². The molecule has 1 saturated carbocycles. The van der Waals surface area contributed by atoms with Gasteiger partial charge in [0.25, 0.3) is 0 Å². The molecular weight excluding hydrogens is 210 g/mol. The van der Waals surface area contributed by atoms with Crippen LogP contribution in [0, 0.1) is 11.8 Å². The second-order valence-electron chi connectivity index (χ2n) is 4.16. The summed E-state index contributed by atoms with van der Waals surface area (Å²) in [4.78, 5) is 16.3. The first kappa shape index (κ1) is 10.6. The average Bonchev–Trinajstić information content (AvgIpc) is 2.87.